The molecule has 2 atom stereocenters. The van der Waals surface area contributed by atoms with Crippen molar-refractivity contribution in [3.8, 4) is 0 Å². The first-order chi connectivity index (χ1) is 7.56. The van der Waals surface area contributed by atoms with Crippen LogP contribution in [0.5, 0.6) is 0 Å². The first kappa shape index (κ1) is 13.6. The molecule has 0 aromatic heterocycles. The van der Waals surface area contributed by atoms with Gasteiger partial charge in [-0.1, -0.05) is 48.0 Å². The maximum atomic E-state index is 11.9. The summed E-state index contributed by atoms with van der Waals surface area (Å²) < 4.78 is 12.5. The van der Waals surface area contributed by atoms with Crippen LogP contribution in [0.3, 0.4) is 0 Å². The molecule has 0 N–H and O–H groups in total. The van der Waals surface area contributed by atoms with Crippen molar-refractivity contribution in [3.63, 3.8) is 0 Å². The Hall–Kier alpha value is -0.480. The van der Waals surface area contributed by atoms with Crippen LogP contribution in [0.15, 0.2) is 28.7 Å². The van der Waals surface area contributed by atoms with Crippen LogP contribution in [0.2, 0.25) is 0 Å². The molecule has 2 nitrogen and oxygen atoms in total. The standard InChI is InChI=1S/C12H15BrO2S/c1-3-9(2)16(15)8-12(14)10-6-4-5-7-11(10)13/h4-7,9H,3,8H2,1-2H3. The van der Waals surface area contributed by atoms with Crippen LogP contribution >= 0.6 is 15.9 Å². The fourth-order valence-corrected chi connectivity index (χ4v) is 2.80. The minimum Gasteiger partial charge on any atom is -0.293 e. The Labute approximate surface area is 107 Å². The molecule has 16 heavy (non-hydrogen) atoms. The molecule has 0 saturated heterocycles. The van der Waals surface area contributed by atoms with Crippen molar-refractivity contribution in [2.24, 2.45) is 0 Å². The molecule has 4 heteroatoms. The lowest BCUT2D eigenvalue weighted by molar-refractivity contribution is 0.102. The van der Waals surface area contributed by atoms with Crippen molar-refractivity contribution in [3.05, 3.63) is 34.3 Å². The molecule has 0 aliphatic heterocycles. The van der Waals surface area contributed by atoms with Gasteiger partial charge in [0, 0.05) is 26.1 Å². The van der Waals surface area contributed by atoms with Crippen molar-refractivity contribution >= 4 is 32.5 Å². The van der Waals surface area contributed by atoms with Gasteiger partial charge in [0.25, 0.3) is 0 Å². The van der Waals surface area contributed by atoms with Crippen LogP contribution in [-0.4, -0.2) is 21.0 Å². The highest BCUT2D eigenvalue weighted by Gasteiger charge is 2.16. The summed E-state index contributed by atoms with van der Waals surface area (Å²) >= 11 is 3.32. The number of carbonyl (C=O) groups excluding carboxylic acids is 1. The SMILES string of the molecule is CCC(C)S(=O)CC(=O)c1ccccc1Br. The van der Waals surface area contributed by atoms with Gasteiger partial charge in [0.1, 0.15) is 0 Å². The molecule has 1 rings (SSSR count). The molecule has 0 fully saturated rings. The molecule has 0 heterocycles. The van der Waals surface area contributed by atoms with Gasteiger partial charge in [-0.05, 0) is 12.5 Å². The Morgan fingerprint density at radius 3 is 2.62 bits per heavy atom. The third kappa shape index (κ3) is 3.52. The maximum absolute atomic E-state index is 11.9. The van der Waals surface area contributed by atoms with Gasteiger partial charge in [-0.25, -0.2) is 0 Å². The van der Waals surface area contributed by atoms with Gasteiger partial charge in [0.15, 0.2) is 5.78 Å². The number of ketones is 1. The van der Waals surface area contributed by atoms with Crippen molar-refractivity contribution in [2.45, 2.75) is 25.5 Å². The van der Waals surface area contributed by atoms with Gasteiger partial charge in [-0.3, -0.25) is 9.00 Å². The van der Waals surface area contributed by atoms with Gasteiger partial charge in [-0.2, -0.15) is 0 Å². The van der Waals surface area contributed by atoms with Crippen molar-refractivity contribution in [1.82, 2.24) is 0 Å². The van der Waals surface area contributed by atoms with Crippen LogP contribution in [0.1, 0.15) is 30.6 Å². The molecule has 0 aliphatic carbocycles. The normalized spacial score (nSPS) is 14.4. The van der Waals surface area contributed by atoms with Crippen molar-refractivity contribution in [2.75, 3.05) is 5.75 Å². The summed E-state index contributed by atoms with van der Waals surface area (Å²) in [7, 11) is -1.07. The Balaban J connectivity index is 2.74. The lowest BCUT2D eigenvalue weighted by Gasteiger charge is -2.08. The molecular weight excluding hydrogens is 288 g/mol. The quantitative estimate of drug-likeness (QED) is 0.783. The second kappa shape index (κ2) is 6.30. The van der Waals surface area contributed by atoms with E-state index in [9.17, 15) is 9.00 Å². The average molecular weight is 303 g/mol. The second-order valence-corrected chi connectivity index (χ2v) is 6.36. The van der Waals surface area contributed by atoms with E-state index in [-0.39, 0.29) is 16.8 Å². The predicted molar refractivity (Wildman–Crippen MR) is 71.2 cm³/mol. The Morgan fingerprint density at radius 1 is 1.44 bits per heavy atom. The molecule has 0 amide bonds. The lowest BCUT2D eigenvalue weighted by Crippen LogP contribution is -2.19. The Kier molecular flexibility index (Phi) is 5.35. The highest BCUT2D eigenvalue weighted by molar-refractivity contribution is 9.10. The molecule has 1 aromatic rings. The van der Waals surface area contributed by atoms with E-state index in [1.807, 2.05) is 32.0 Å². The minimum atomic E-state index is -1.07. The summed E-state index contributed by atoms with van der Waals surface area (Å²) in [5.41, 5.74) is 0.610. The number of rotatable bonds is 5. The van der Waals surface area contributed by atoms with E-state index in [4.69, 9.17) is 0 Å². The van der Waals surface area contributed by atoms with Gasteiger partial charge in [0.2, 0.25) is 0 Å². The zero-order valence-corrected chi connectivity index (χ0v) is 11.8. The summed E-state index contributed by atoms with van der Waals surface area (Å²) in [4.78, 5) is 11.9. The number of Topliss-reactive ketones (excluding diaryl/α,β-unsaturated/α-hetero) is 1. The van der Waals surface area contributed by atoms with E-state index < -0.39 is 10.8 Å². The highest BCUT2D eigenvalue weighted by Crippen LogP contribution is 2.17. The Bertz CT molecular complexity index is 404. The van der Waals surface area contributed by atoms with Gasteiger partial charge in [0.05, 0.1) is 5.75 Å². The summed E-state index contributed by atoms with van der Waals surface area (Å²) in [5.74, 6) is 0.0450. The molecule has 0 spiro atoms. The third-order valence-corrected chi connectivity index (χ3v) is 4.94. The molecule has 1 aromatic carbocycles. The molecule has 0 radical (unpaired) electrons. The molecule has 0 aliphatic rings. The van der Waals surface area contributed by atoms with Crippen LogP contribution in [0, 0.1) is 0 Å². The fourth-order valence-electron chi connectivity index (χ4n) is 1.22. The van der Waals surface area contributed by atoms with Gasteiger partial charge < -0.3 is 0 Å². The summed E-state index contributed by atoms with van der Waals surface area (Å²) in [6.45, 7) is 3.88. The predicted octanol–water partition coefficient (Wildman–Crippen LogP) is 3.18. The van der Waals surface area contributed by atoms with Gasteiger partial charge in [-0.15, -0.1) is 0 Å². The van der Waals surface area contributed by atoms with E-state index in [0.717, 1.165) is 10.9 Å². The topological polar surface area (TPSA) is 34.1 Å². The third-order valence-electron chi connectivity index (χ3n) is 2.47. The van der Waals surface area contributed by atoms with Crippen molar-refractivity contribution in [1.29, 1.82) is 0 Å². The van der Waals surface area contributed by atoms with E-state index in [1.165, 1.54) is 0 Å². The summed E-state index contributed by atoms with van der Waals surface area (Å²) in [6.07, 6.45) is 0.829. The minimum absolute atomic E-state index is 0.0638. The van der Waals surface area contributed by atoms with E-state index >= 15 is 0 Å². The van der Waals surface area contributed by atoms with E-state index in [1.54, 1.807) is 6.07 Å². The number of carbonyl (C=O) groups is 1. The highest BCUT2D eigenvalue weighted by atomic mass is 79.9. The Morgan fingerprint density at radius 2 is 2.06 bits per heavy atom. The molecule has 0 saturated carbocycles. The largest absolute Gasteiger partial charge is 0.293 e. The van der Waals surface area contributed by atoms with Crippen molar-refractivity contribution < 1.29 is 9.00 Å². The molecule has 2 unspecified atom stereocenters. The molecular formula is C12H15BrO2S. The first-order valence-corrected chi connectivity index (χ1v) is 7.38. The van der Waals surface area contributed by atoms with Crippen LogP contribution in [0.25, 0.3) is 0 Å². The zero-order chi connectivity index (χ0) is 12.1. The monoisotopic (exact) mass is 302 g/mol. The van der Waals surface area contributed by atoms with E-state index in [2.05, 4.69) is 15.9 Å². The summed E-state index contributed by atoms with van der Waals surface area (Å²) in [6, 6.07) is 7.23. The lowest BCUT2D eigenvalue weighted by atomic mass is 10.1. The zero-order valence-electron chi connectivity index (χ0n) is 9.40. The van der Waals surface area contributed by atoms with E-state index in [0.29, 0.717) is 5.56 Å². The first-order valence-electron chi connectivity index (χ1n) is 5.21. The molecule has 0 bridgehead atoms. The number of benzene rings is 1. The smallest absolute Gasteiger partial charge is 0.176 e. The molecule has 88 valence electrons. The summed E-state index contributed by atoms with van der Waals surface area (Å²) in [5, 5.41) is 0.0754. The number of halogens is 1. The number of hydrogen-bond acceptors (Lipinski definition) is 2. The number of hydrogen-bond donors (Lipinski definition) is 0. The fraction of sp³-hybridized carbons (Fsp3) is 0.417. The van der Waals surface area contributed by atoms with Gasteiger partial charge >= 0.3 is 0 Å². The second-order valence-electron chi connectivity index (χ2n) is 3.65. The van der Waals surface area contributed by atoms with Crippen LogP contribution < -0.4 is 0 Å². The van der Waals surface area contributed by atoms with Crippen LogP contribution in [0.4, 0.5) is 0 Å². The average Bonchev–Trinajstić information content (AvgIpc) is 2.28. The maximum Gasteiger partial charge on any atom is 0.176 e. The van der Waals surface area contributed by atoms with Crippen LogP contribution in [-0.2, 0) is 10.8 Å².